The van der Waals surface area contributed by atoms with E-state index >= 15 is 0 Å². The van der Waals surface area contributed by atoms with Crippen LogP contribution in [0.15, 0.2) is 18.5 Å². The van der Waals surface area contributed by atoms with Crippen molar-refractivity contribution < 1.29 is 14.3 Å². The molecule has 1 N–H and O–H groups in total. The van der Waals surface area contributed by atoms with Crippen LogP contribution in [0.1, 0.15) is 29.6 Å². The maximum absolute atomic E-state index is 12.4. The van der Waals surface area contributed by atoms with E-state index in [0.717, 1.165) is 19.4 Å². The minimum Gasteiger partial charge on any atom is -0.376 e. The zero-order chi connectivity index (χ0) is 16.5. The van der Waals surface area contributed by atoms with E-state index in [1.807, 2.05) is 4.90 Å². The van der Waals surface area contributed by atoms with E-state index in [4.69, 9.17) is 4.74 Å². The zero-order valence-electron chi connectivity index (χ0n) is 13.6. The van der Waals surface area contributed by atoms with Crippen LogP contribution in [-0.2, 0) is 9.53 Å². The molecule has 1 aromatic rings. The first-order chi connectivity index (χ1) is 11.7. The van der Waals surface area contributed by atoms with Crippen molar-refractivity contribution in [2.75, 3.05) is 26.2 Å². The standard InChI is InChI=1S/C17H22N4O3/c22-16(12-4-5-19-20-7-12)18-6-13-10-24-15-9-21(8-14(13)15)17(23)11-2-1-3-11/h4-5,7,11,13-15H,1-3,6,8-10H2,(H,18,22)/t13-,14-,15-/m1/s1. The molecule has 3 heterocycles. The minimum atomic E-state index is -0.145. The molecule has 2 aliphatic heterocycles. The lowest BCUT2D eigenvalue weighted by Crippen LogP contribution is -2.39. The summed E-state index contributed by atoms with van der Waals surface area (Å²) in [6.07, 6.45) is 6.32. The highest BCUT2D eigenvalue weighted by molar-refractivity contribution is 5.93. The highest BCUT2D eigenvalue weighted by atomic mass is 16.5. The van der Waals surface area contributed by atoms with Gasteiger partial charge in [0.05, 0.1) is 30.7 Å². The number of nitrogens with one attached hydrogen (secondary N) is 1. The number of carbonyl (C=O) groups excluding carboxylic acids is 2. The summed E-state index contributed by atoms with van der Waals surface area (Å²) in [7, 11) is 0. The van der Waals surface area contributed by atoms with Crippen LogP contribution in [0.2, 0.25) is 0 Å². The second-order valence-corrected chi connectivity index (χ2v) is 7.01. The number of carbonyl (C=O) groups is 2. The molecule has 1 aliphatic carbocycles. The van der Waals surface area contributed by atoms with Crippen LogP contribution in [0.3, 0.4) is 0 Å². The number of nitrogens with zero attached hydrogens (tertiary/aromatic N) is 3. The van der Waals surface area contributed by atoms with E-state index in [2.05, 4.69) is 15.5 Å². The van der Waals surface area contributed by atoms with Gasteiger partial charge < -0.3 is 15.0 Å². The fourth-order valence-electron chi connectivity index (χ4n) is 3.85. The average molecular weight is 330 g/mol. The Balaban J connectivity index is 1.31. The summed E-state index contributed by atoms with van der Waals surface area (Å²) >= 11 is 0. The molecule has 0 bridgehead atoms. The van der Waals surface area contributed by atoms with Crippen molar-refractivity contribution in [3.05, 3.63) is 24.0 Å². The third-order valence-corrected chi connectivity index (χ3v) is 5.58. The summed E-state index contributed by atoms with van der Waals surface area (Å²) in [5.41, 5.74) is 0.508. The fourth-order valence-corrected chi connectivity index (χ4v) is 3.85. The van der Waals surface area contributed by atoms with Crippen molar-refractivity contribution in [2.45, 2.75) is 25.4 Å². The molecule has 2 amide bonds. The first-order valence-corrected chi connectivity index (χ1v) is 8.67. The van der Waals surface area contributed by atoms with Gasteiger partial charge in [-0.25, -0.2) is 0 Å². The smallest absolute Gasteiger partial charge is 0.252 e. The van der Waals surface area contributed by atoms with E-state index in [-0.39, 0.29) is 23.8 Å². The summed E-state index contributed by atoms with van der Waals surface area (Å²) in [5.74, 6) is 0.970. The lowest BCUT2D eigenvalue weighted by Gasteiger charge is -2.29. The van der Waals surface area contributed by atoms with E-state index in [0.29, 0.717) is 37.1 Å². The Morgan fingerprint density at radius 1 is 1.29 bits per heavy atom. The molecule has 0 radical (unpaired) electrons. The summed E-state index contributed by atoms with van der Waals surface area (Å²) in [6.45, 7) is 2.68. The highest BCUT2D eigenvalue weighted by Crippen LogP contribution is 2.36. The number of amides is 2. The molecule has 128 valence electrons. The molecule has 3 fully saturated rings. The van der Waals surface area contributed by atoms with Crippen molar-refractivity contribution in [2.24, 2.45) is 17.8 Å². The van der Waals surface area contributed by atoms with Gasteiger partial charge in [-0.05, 0) is 18.9 Å². The number of hydrogen-bond acceptors (Lipinski definition) is 5. The molecule has 3 atom stereocenters. The molecule has 1 aromatic heterocycles. The maximum atomic E-state index is 12.4. The zero-order valence-corrected chi connectivity index (χ0v) is 13.6. The first kappa shape index (κ1) is 15.5. The van der Waals surface area contributed by atoms with Crippen molar-refractivity contribution in [3.63, 3.8) is 0 Å². The maximum Gasteiger partial charge on any atom is 0.252 e. The lowest BCUT2D eigenvalue weighted by atomic mass is 9.84. The topological polar surface area (TPSA) is 84.4 Å². The molecule has 24 heavy (non-hydrogen) atoms. The average Bonchev–Trinajstić information content (AvgIpc) is 3.12. The van der Waals surface area contributed by atoms with Crippen molar-refractivity contribution in [1.82, 2.24) is 20.4 Å². The Kier molecular flexibility index (Phi) is 4.18. The van der Waals surface area contributed by atoms with Gasteiger partial charge in [0, 0.05) is 37.4 Å². The Morgan fingerprint density at radius 2 is 2.17 bits per heavy atom. The van der Waals surface area contributed by atoms with Gasteiger partial charge in [-0.2, -0.15) is 10.2 Å². The molecule has 0 unspecified atom stereocenters. The molecule has 0 aromatic carbocycles. The fraction of sp³-hybridized carbons (Fsp3) is 0.647. The second-order valence-electron chi connectivity index (χ2n) is 7.01. The monoisotopic (exact) mass is 330 g/mol. The van der Waals surface area contributed by atoms with Crippen LogP contribution in [-0.4, -0.2) is 59.3 Å². The third kappa shape index (κ3) is 2.88. The predicted octanol–water partition coefficient (Wildman–Crippen LogP) is 0.480. The van der Waals surface area contributed by atoms with Gasteiger partial charge in [-0.15, -0.1) is 0 Å². The van der Waals surface area contributed by atoms with Crippen LogP contribution in [0.4, 0.5) is 0 Å². The molecular weight excluding hydrogens is 308 g/mol. The third-order valence-electron chi connectivity index (χ3n) is 5.58. The largest absolute Gasteiger partial charge is 0.376 e. The molecular formula is C17H22N4O3. The normalized spacial score (nSPS) is 29.2. The lowest BCUT2D eigenvalue weighted by molar-refractivity contribution is -0.137. The van der Waals surface area contributed by atoms with Crippen LogP contribution in [0, 0.1) is 17.8 Å². The van der Waals surface area contributed by atoms with Crippen LogP contribution in [0.5, 0.6) is 0 Å². The van der Waals surface area contributed by atoms with Gasteiger partial charge in [-0.1, -0.05) is 6.42 Å². The van der Waals surface area contributed by atoms with Crippen LogP contribution < -0.4 is 5.32 Å². The summed E-state index contributed by atoms with van der Waals surface area (Å²) < 4.78 is 5.87. The molecule has 1 saturated carbocycles. The quantitative estimate of drug-likeness (QED) is 0.868. The predicted molar refractivity (Wildman–Crippen MR) is 85.0 cm³/mol. The van der Waals surface area contributed by atoms with Crippen LogP contribution in [0.25, 0.3) is 0 Å². The SMILES string of the molecule is O=C(NC[C@@H]1CO[C@@H]2CN(C(=O)C3CCC3)C[C@H]12)c1ccnnc1. The Morgan fingerprint density at radius 3 is 2.88 bits per heavy atom. The molecule has 2 saturated heterocycles. The second kappa shape index (κ2) is 6.47. The van der Waals surface area contributed by atoms with E-state index in [1.165, 1.54) is 18.8 Å². The van der Waals surface area contributed by atoms with E-state index in [1.54, 1.807) is 6.07 Å². The Labute approximate surface area is 140 Å². The minimum absolute atomic E-state index is 0.124. The molecule has 4 rings (SSSR count). The van der Waals surface area contributed by atoms with E-state index in [9.17, 15) is 9.59 Å². The highest BCUT2D eigenvalue weighted by Gasteiger charge is 2.46. The van der Waals surface area contributed by atoms with Gasteiger partial charge in [0.2, 0.25) is 5.91 Å². The number of likely N-dealkylation sites (tertiary alicyclic amines) is 1. The van der Waals surface area contributed by atoms with Gasteiger partial charge in [-0.3, -0.25) is 9.59 Å². The van der Waals surface area contributed by atoms with Crippen molar-refractivity contribution in [3.8, 4) is 0 Å². The Bertz CT molecular complexity index is 620. The number of hydrogen-bond donors (Lipinski definition) is 1. The summed E-state index contributed by atoms with van der Waals surface area (Å²) in [6, 6.07) is 1.64. The Hall–Kier alpha value is -2.02. The number of rotatable bonds is 4. The summed E-state index contributed by atoms with van der Waals surface area (Å²) in [5, 5.41) is 10.3. The van der Waals surface area contributed by atoms with Crippen molar-refractivity contribution in [1.29, 1.82) is 0 Å². The number of fused-ring (bicyclic) bond motifs is 1. The van der Waals surface area contributed by atoms with Gasteiger partial charge in [0.15, 0.2) is 0 Å². The van der Waals surface area contributed by atoms with Crippen LogP contribution >= 0.6 is 0 Å². The van der Waals surface area contributed by atoms with E-state index < -0.39 is 0 Å². The number of ether oxygens (including phenoxy) is 1. The van der Waals surface area contributed by atoms with Crippen molar-refractivity contribution >= 4 is 11.8 Å². The molecule has 7 nitrogen and oxygen atoms in total. The van der Waals surface area contributed by atoms with Gasteiger partial charge >= 0.3 is 0 Å². The first-order valence-electron chi connectivity index (χ1n) is 8.67. The van der Waals surface area contributed by atoms with Gasteiger partial charge in [0.25, 0.3) is 5.91 Å². The molecule has 3 aliphatic rings. The molecule has 7 heteroatoms. The molecule has 0 spiro atoms. The number of aromatic nitrogens is 2. The summed E-state index contributed by atoms with van der Waals surface area (Å²) in [4.78, 5) is 26.5. The van der Waals surface area contributed by atoms with Gasteiger partial charge in [0.1, 0.15) is 0 Å².